The second-order valence-corrected chi connectivity index (χ2v) is 7.61. The van der Waals surface area contributed by atoms with E-state index in [-0.39, 0.29) is 12.4 Å². The van der Waals surface area contributed by atoms with E-state index in [0.717, 1.165) is 20.8 Å². The van der Waals surface area contributed by atoms with E-state index in [9.17, 15) is 19.2 Å². The molecule has 172 valence electrons. The summed E-state index contributed by atoms with van der Waals surface area (Å²) in [7, 11) is 2.91. The van der Waals surface area contributed by atoms with Crippen LogP contribution in [0.15, 0.2) is 46.0 Å². The predicted octanol–water partition coefficient (Wildman–Crippen LogP) is 1.31. The number of aromatic nitrogens is 4. The number of benzene rings is 1. The van der Waals surface area contributed by atoms with Crippen molar-refractivity contribution in [3.8, 4) is 0 Å². The first-order chi connectivity index (χ1) is 15.6. The number of ether oxygens (including phenoxy) is 1. The van der Waals surface area contributed by atoms with Crippen LogP contribution in [0.5, 0.6) is 0 Å². The Hall–Kier alpha value is -3.92. The lowest BCUT2D eigenvalue weighted by Crippen LogP contribution is -2.43. The lowest BCUT2D eigenvalue weighted by Gasteiger charge is -2.14. The summed E-state index contributed by atoms with van der Waals surface area (Å²) in [4.78, 5) is 49.9. The van der Waals surface area contributed by atoms with Crippen LogP contribution in [0.1, 0.15) is 27.2 Å². The highest BCUT2D eigenvalue weighted by Crippen LogP contribution is 2.20. The number of Topliss-reactive ketones (excluding diaryl/α,β-unsaturated/α-hetero) is 1. The molecule has 33 heavy (non-hydrogen) atoms. The number of halogens is 1. The fraction of sp³-hybridized carbons (Fsp3) is 0.227. The molecular formula is C22H22ClN5O5. The van der Waals surface area contributed by atoms with Crippen LogP contribution in [0.3, 0.4) is 0 Å². The van der Waals surface area contributed by atoms with Gasteiger partial charge >= 0.3 is 11.7 Å². The van der Waals surface area contributed by atoms with Crippen LogP contribution in [0.4, 0.5) is 5.82 Å². The molecule has 0 saturated carbocycles. The van der Waals surface area contributed by atoms with E-state index in [2.05, 4.69) is 5.10 Å². The molecule has 0 saturated heterocycles. The fourth-order valence-corrected chi connectivity index (χ4v) is 3.45. The van der Waals surface area contributed by atoms with Crippen LogP contribution in [0, 0.1) is 6.92 Å². The molecule has 3 aromatic rings. The Balaban J connectivity index is 1.80. The number of nitrogens with zero attached hydrogens (tertiary/aromatic N) is 4. The monoisotopic (exact) mass is 471 g/mol. The van der Waals surface area contributed by atoms with Crippen molar-refractivity contribution in [3.63, 3.8) is 0 Å². The molecule has 1 aromatic carbocycles. The largest absolute Gasteiger partial charge is 0.454 e. The van der Waals surface area contributed by atoms with Crippen LogP contribution in [-0.2, 0) is 30.2 Å². The summed E-state index contributed by atoms with van der Waals surface area (Å²) in [6.45, 7) is 1.06. The fourth-order valence-electron chi connectivity index (χ4n) is 3.21. The Morgan fingerprint density at radius 1 is 1.18 bits per heavy atom. The topological polar surface area (TPSA) is 131 Å². The second kappa shape index (κ2) is 9.70. The molecule has 10 nitrogen and oxygen atoms in total. The molecule has 2 aromatic heterocycles. The van der Waals surface area contributed by atoms with Crippen LogP contribution in [-0.4, -0.2) is 37.3 Å². The molecular weight excluding hydrogens is 450 g/mol. The molecule has 0 radical (unpaired) electrons. The summed E-state index contributed by atoms with van der Waals surface area (Å²) < 4.78 is 8.34. The number of rotatable bonds is 7. The molecule has 0 bridgehead atoms. The van der Waals surface area contributed by atoms with Gasteiger partial charge in [0.1, 0.15) is 16.5 Å². The second-order valence-electron chi connectivity index (χ2n) is 7.26. The molecule has 11 heteroatoms. The van der Waals surface area contributed by atoms with Gasteiger partial charge in [0, 0.05) is 25.7 Å². The molecule has 0 unspecified atom stereocenters. The Bertz CT molecular complexity index is 1370. The van der Waals surface area contributed by atoms with Gasteiger partial charge in [0.05, 0.1) is 12.2 Å². The maximum Gasteiger partial charge on any atom is 0.332 e. The standard InChI is InChI=1S/C22H22ClN5O5/c1-13-15(19(23)27(3)25-13)9-10-17(30)33-12-16(29)18-20(24)28(22(32)26(2)21(18)31)11-14-7-5-4-6-8-14/h4-10H,11-12,24H2,1-3H3/b10-9+. The average molecular weight is 472 g/mol. The van der Waals surface area contributed by atoms with E-state index >= 15 is 0 Å². The maximum absolute atomic E-state index is 12.7. The third-order valence-corrected chi connectivity index (χ3v) is 5.42. The number of esters is 1. The minimum Gasteiger partial charge on any atom is -0.454 e. The number of anilines is 1. The number of nitrogen functional groups attached to an aromatic ring is 1. The molecule has 0 aliphatic heterocycles. The van der Waals surface area contributed by atoms with Crippen molar-refractivity contribution in [1.82, 2.24) is 18.9 Å². The van der Waals surface area contributed by atoms with Gasteiger partial charge in [0.2, 0.25) is 5.78 Å². The summed E-state index contributed by atoms with van der Waals surface area (Å²) in [5.41, 5.74) is 5.98. The van der Waals surface area contributed by atoms with Crippen molar-refractivity contribution >= 4 is 35.2 Å². The predicted molar refractivity (Wildman–Crippen MR) is 123 cm³/mol. The Kier molecular flexibility index (Phi) is 6.98. The Morgan fingerprint density at radius 2 is 1.85 bits per heavy atom. The van der Waals surface area contributed by atoms with E-state index < -0.39 is 35.2 Å². The number of ketones is 1. The van der Waals surface area contributed by atoms with Gasteiger partial charge in [-0.25, -0.2) is 9.59 Å². The van der Waals surface area contributed by atoms with Gasteiger partial charge in [0.25, 0.3) is 5.56 Å². The van der Waals surface area contributed by atoms with Crippen molar-refractivity contribution in [2.45, 2.75) is 13.5 Å². The van der Waals surface area contributed by atoms with E-state index in [0.29, 0.717) is 16.4 Å². The van der Waals surface area contributed by atoms with E-state index in [4.69, 9.17) is 22.1 Å². The van der Waals surface area contributed by atoms with Crippen molar-refractivity contribution in [3.05, 3.63) is 84.8 Å². The number of hydrogen-bond donors (Lipinski definition) is 1. The third-order valence-electron chi connectivity index (χ3n) is 4.97. The van der Waals surface area contributed by atoms with Gasteiger partial charge in [0.15, 0.2) is 6.61 Å². The number of carbonyl (C=O) groups is 2. The van der Waals surface area contributed by atoms with Crippen molar-refractivity contribution in [2.75, 3.05) is 12.3 Å². The first-order valence-corrected chi connectivity index (χ1v) is 10.2. The Labute approximate surface area is 193 Å². The maximum atomic E-state index is 12.7. The highest BCUT2D eigenvalue weighted by molar-refractivity contribution is 6.31. The SMILES string of the molecule is Cc1nn(C)c(Cl)c1/C=C/C(=O)OCC(=O)c1c(N)n(Cc2ccccc2)c(=O)n(C)c1=O. The smallest absolute Gasteiger partial charge is 0.332 e. The molecule has 2 N–H and O–H groups in total. The Morgan fingerprint density at radius 3 is 2.45 bits per heavy atom. The minimum atomic E-state index is -0.865. The zero-order valence-corrected chi connectivity index (χ0v) is 19.0. The van der Waals surface area contributed by atoms with Crippen LogP contribution in [0.2, 0.25) is 5.15 Å². The van der Waals surface area contributed by atoms with E-state index in [1.165, 1.54) is 17.8 Å². The van der Waals surface area contributed by atoms with Crippen LogP contribution < -0.4 is 17.0 Å². The van der Waals surface area contributed by atoms with Crippen molar-refractivity contribution in [2.24, 2.45) is 14.1 Å². The zero-order chi connectivity index (χ0) is 24.3. The van der Waals surface area contributed by atoms with Gasteiger partial charge in [-0.15, -0.1) is 0 Å². The minimum absolute atomic E-state index is 0.0631. The molecule has 0 amide bonds. The molecule has 0 atom stereocenters. The summed E-state index contributed by atoms with van der Waals surface area (Å²) in [5, 5.41) is 4.46. The summed E-state index contributed by atoms with van der Waals surface area (Å²) in [6.07, 6.45) is 2.52. The summed E-state index contributed by atoms with van der Waals surface area (Å²) in [6, 6.07) is 8.96. The van der Waals surface area contributed by atoms with Gasteiger partial charge in [-0.3, -0.25) is 23.4 Å². The van der Waals surface area contributed by atoms with Crippen LogP contribution >= 0.6 is 11.6 Å². The number of nitrogens with two attached hydrogens (primary N) is 1. The number of aryl methyl sites for hydroxylation is 2. The summed E-state index contributed by atoms with van der Waals surface area (Å²) in [5.74, 6) is -1.94. The lowest BCUT2D eigenvalue weighted by atomic mass is 10.2. The highest BCUT2D eigenvalue weighted by atomic mass is 35.5. The number of carbonyl (C=O) groups excluding carboxylic acids is 2. The average Bonchev–Trinajstić information content (AvgIpc) is 3.04. The van der Waals surface area contributed by atoms with Gasteiger partial charge < -0.3 is 10.5 Å². The highest BCUT2D eigenvalue weighted by Gasteiger charge is 2.22. The molecule has 0 aliphatic rings. The molecule has 0 spiro atoms. The lowest BCUT2D eigenvalue weighted by molar-refractivity contribution is -0.136. The van der Waals surface area contributed by atoms with Crippen molar-refractivity contribution < 1.29 is 14.3 Å². The van der Waals surface area contributed by atoms with E-state index in [1.807, 2.05) is 6.07 Å². The van der Waals surface area contributed by atoms with E-state index in [1.54, 1.807) is 38.2 Å². The van der Waals surface area contributed by atoms with Gasteiger partial charge in [-0.2, -0.15) is 5.10 Å². The normalized spacial score (nSPS) is 11.2. The zero-order valence-electron chi connectivity index (χ0n) is 18.2. The first-order valence-electron chi connectivity index (χ1n) is 9.82. The summed E-state index contributed by atoms with van der Waals surface area (Å²) >= 11 is 6.10. The molecule has 3 rings (SSSR count). The number of hydrogen-bond acceptors (Lipinski definition) is 7. The van der Waals surface area contributed by atoms with Gasteiger partial charge in [-0.1, -0.05) is 41.9 Å². The third kappa shape index (κ3) is 4.96. The van der Waals surface area contributed by atoms with Crippen molar-refractivity contribution in [1.29, 1.82) is 0 Å². The van der Waals surface area contributed by atoms with Gasteiger partial charge in [-0.05, 0) is 18.6 Å². The quantitative estimate of drug-likeness (QED) is 0.312. The molecule has 0 fully saturated rings. The first kappa shape index (κ1) is 23.7. The molecule has 2 heterocycles. The molecule has 0 aliphatic carbocycles. The van der Waals surface area contributed by atoms with Crippen LogP contribution in [0.25, 0.3) is 6.08 Å².